The average Bonchev–Trinajstić information content (AvgIpc) is 3.22. The summed E-state index contributed by atoms with van der Waals surface area (Å²) in [6, 6.07) is 11.9. The van der Waals surface area contributed by atoms with Crippen molar-refractivity contribution in [1.29, 1.82) is 0 Å². The number of anilines is 1. The SMILES string of the molecule is CSc1ccc(CNC(=O)[C@@H]2Cc3cc(S(=O)(=O)N4CCOCC4)ccc3N2C(C)=O)cc1. The van der Waals surface area contributed by atoms with Crippen molar-refractivity contribution in [3.8, 4) is 0 Å². The zero-order valence-corrected chi connectivity index (χ0v) is 20.2. The van der Waals surface area contributed by atoms with Gasteiger partial charge in [-0.1, -0.05) is 12.1 Å². The van der Waals surface area contributed by atoms with Crippen LogP contribution in [0.3, 0.4) is 0 Å². The topological polar surface area (TPSA) is 96.0 Å². The molecule has 33 heavy (non-hydrogen) atoms. The van der Waals surface area contributed by atoms with Crippen molar-refractivity contribution in [2.45, 2.75) is 35.7 Å². The van der Waals surface area contributed by atoms with Crippen molar-refractivity contribution in [1.82, 2.24) is 9.62 Å². The van der Waals surface area contributed by atoms with Gasteiger partial charge in [0.25, 0.3) is 0 Å². The number of carbonyl (C=O) groups is 2. The monoisotopic (exact) mass is 489 g/mol. The summed E-state index contributed by atoms with van der Waals surface area (Å²) in [6.45, 7) is 3.11. The van der Waals surface area contributed by atoms with Crippen LogP contribution < -0.4 is 10.2 Å². The van der Waals surface area contributed by atoms with Crippen molar-refractivity contribution in [3.05, 3.63) is 53.6 Å². The maximum absolute atomic E-state index is 13.0. The van der Waals surface area contributed by atoms with Crippen LogP contribution in [0.4, 0.5) is 5.69 Å². The molecule has 0 unspecified atom stereocenters. The highest BCUT2D eigenvalue weighted by atomic mass is 32.2. The minimum absolute atomic E-state index is 0.168. The van der Waals surface area contributed by atoms with Crippen LogP contribution in [-0.2, 0) is 37.3 Å². The predicted molar refractivity (Wildman–Crippen MR) is 127 cm³/mol. The lowest BCUT2D eigenvalue weighted by Crippen LogP contribution is -2.47. The molecule has 0 saturated carbocycles. The molecular weight excluding hydrogens is 462 g/mol. The molecule has 0 bridgehead atoms. The van der Waals surface area contributed by atoms with E-state index < -0.39 is 16.1 Å². The molecule has 2 aliphatic rings. The molecule has 0 aromatic heterocycles. The Kier molecular flexibility index (Phi) is 7.08. The zero-order chi connectivity index (χ0) is 23.6. The molecule has 176 valence electrons. The Bertz CT molecular complexity index is 1150. The molecule has 1 fully saturated rings. The molecule has 0 radical (unpaired) electrons. The van der Waals surface area contributed by atoms with Gasteiger partial charge in [-0.3, -0.25) is 14.5 Å². The lowest BCUT2D eigenvalue weighted by atomic mass is 10.1. The Morgan fingerprint density at radius 2 is 1.82 bits per heavy atom. The first-order chi connectivity index (χ1) is 15.8. The van der Waals surface area contributed by atoms with Gasteiger partial charge >= 0.3 is 0 Å². The van der Waals surface area contributed by atoms with Gasteiger partial charge in [0.2, 0.25) is 21.8 Å². The average molecular weight is 490 g/mol. The molecule has 0 spiro atoms. The summed E-state index contributed by atoms with van der Waals surface area (Å²) in [5.41, 5.74) is 2.21. The smallest absolute Gasteiger partial charge is 0.243 e. The molecule has 1 N–H and O–H groups in total. The number of nitrogens with zero attached hydrogens (tertiary/aromatic N) is 2. The molecule has 1 atom stereocenters. The Morgan fingerprint density at radius 3 is 2.45 bits per heavy atom. The largest absolute Gasteiger partial charge is 0.379 e. The third-order valence-corrected chi connectivity index (χ3v) is 8.55. The second-order valence-electron chi connectivity index (χ2n) is 7.98. The summed E-state index contributed by atoms with van der Waals surface area (Å²) >= 11 is 1.65. The van der Waals surface area contributed by atoms with Crippen molar-refractivity contribution in [3.63, 3.8) is 0 Å². The van der Waals surface area contributed by atoms with Gasteiger partial charge in [-0.2, -0.15) is 4.31 Å². The minimum atomic E-state index is -3.66. The molecule has 4 rings (SSSR count). The number of benzene rings is 2. The van der Waals surface area contributed by atoms with Crippen LogP contribution in [0.25, 0.3) is 0 Å². The number of amides is 2. The van der Waals surface area contributed by atoms with E-state index >= 15 is 0 Å². The number of nitrogens with one attached hydrogen (secondary N) is 1. The number of morpholine rings is 1. The van der Waals surface area contributed by atoms with Crippen LogP contribution in [0.2, 0.25) is 0 Å². The second-order valence-corrected chi connectivity index (χ2v) is 10.8. The van der Waals surface area contributed by atoms with Gasteiger partial charge in [-0.25, -0.2) is 8.42 Å². The van der Waals surface area contributed by atoms with Crippen LogP contribution in [0.5, 0.6) is 0 Å². The van der Waals surface area contributed by atoms with E-state index in [1.54, 1.807) is 23.9 Å². The molecule has 2 heterocycles. The van der Waals surface area contributed by atoms with Gasteiger partial charge < -0.3 is 10.1 Å². The van der Waals surface area contributed by atoms with Gasteiger partial charge in [-0.05, 0) is 47.7 Å². The lowest BCUT2D eigenvalue weighted by molar-refractivity contribution is -0.125. The summed E-state index contributed by atoms with van der Waals surface area (Å²) < 4.78 is 32.7. The molecule has 2 aliphatic heterocycles. The summed E-state index contributed by atoms with van der Waals surface area (Å²) in [7, 11) is -3.66. The predicted octanol–water partition coefficient (Wildman–Crippen LogP) is 2.02. The van der Waals surface area contributed by atoms with E-state index in [1.165, 1.54) is 22.2 Å². The van der Waals surface area contributed by atoms with Gasteiger partial charge in [0.1, 0.15) is 6.04 Å². The molecule has 1 saturated heterocycles. The van der Waals surface area contributed by atoms with E-state index in [2.05, 4.69) is 5.32 Å². The number of rotatable bonds is 6. The minimum Gasteiger partial charge on any atom is -0.379 e. The fourth-order valence-electron chi connectivity index (χ4n) is 4.17. The Morgan fingerprint density at radius 1 is 1.12 bits per heavy atom. The van der Waals surface area contributed by atoms with Gasteiger partial charge in [-0.15, -0.1) is 11.8 Å². The Balaban J connectivity index is 1.52. The van der Waals surface area contributed by atoms with E-state index in [0.717, 1.165) is 10.5 Å². The van der Waals surface area contributed by atoms with Crippen molar-refractivity contribution in [2.75, 3.05) is 37.5 Å². The van der Waals surface area contributed by atoms with Crippen LogP contribution in [0.15, 0.2) is 52.3 Å². The third kappa shape index (κ3) is 4.93. The number of hydrogen-bond donors (Lipinski definition) is 1. The van der Waals surface area contributed by atoms with E-state index in [4.69, 9.17) is 4.74 Å². The number of sulfonamides is 1. The van der Waals surface area contributed by atoms with Gasteiger partial charge in [0, 0.05) is 43.6 Å². The highest BCUT2D eigenvalue weighted by Gasteiger charge is 2.38. The quantitative estimate of drug-likeness (QED) is 0.624. The number of carbonyl (C=O) groups excluding carboxylic acids is 2. The first-order valence-electron chi connectivity index (χ1n) is 10.7. The van der Waals surface area contributed by atoms with Crippen molar-refractivity contribution in [2.24, 2.45) is 0 Å². The van der Waals surface area contributed by atoms with Crippen LogP contribution in [-0.4, -0.2) is 63.1 Å². The summed E-state index contributed by atoms with van der Waals surface area (Å²) in [6.07, 6.45) is 2.27. The highest BCUT2D eigenvalue weighted by molar-refractivity contribution is 7.98. The fourth-order valence-corrected chi connectivity index (χ4v) is 6.04. The summed E-state index contributed by atoms with van der Waals surface area (Å²) in [5.74, 6) is -0.532. The number of hydrogen-bond acceptors (Lipinski definition) is 6. The zero-order valence-electron chi connectivity index (χ0n) is 18.6. The van der Waals surface area contributed by atoms with Crippen LogP contribution in [0.1, 0.15) is 18.1 Å². The van der Waals surface area contributed by atoms with Crippen LogP contribution >= 0.6 is 11.8 Å². The fraction of sp³-hybridized carbons (Fsp3) is 0.391. The van der Waals surface area contributed by atoms with Gasteiger partial charge in [0.05, 0.1) is 18.1 Å². The maximum atomic E-state index is 13.0. The maximum Gasteiger partial charge on any atom is 0.243 e. The molecule has 2 aromatic carbocycles. The van der Waals surface area contributed by atoms with Gasteiger partial charge in [0.15, 0.2) is 0 Å². The first kappa shape index (κ1) is 23.7. The lowest BCUT2D eigenvalue weighted by Gasteiger charge is -2.26. The molecule has 10 heteroatoms. The summed E-state index contributed by atoms with van der Waals surface area (Å²) in [5, 5.41) is 2.91. The first-order valence-corrected chi connectivity index (χ1v) is 13.4. The number of thioether (sulfide) groups is 1. The number of fused-ring (bicyclic) bond motifs is 1. The number of ether oxygens (including phenoxy) is 1. The van der Waals surface area contributed by atoms with Crippen molar-refractivity contribution < 1.29 is 22.7 Å². The normalized spacial score (nSPS) is 18.7. The molecule has 0 aliphatic carbocycles. The molecule has 2 amide bonds. The van der Waals surface area contributed by atoms with Crippen LogP contribution in [0, 0.1) is 0 Å². The highest BCUT2D eigenvalue weighted by Crippen LogP contribution is 2.35. The third-order valence-electron chi connectivity index (χ3n) is 5.91. The van der Waals surface area contributed by atoms with E-state index in [-0.39, 0.29) is 23.1 Å². The molecule has 8 nitrogen and oxygen atoms in total. The molecule has 2 aromatic rings. The standard InChI is InChI=1S/C23H27N3O5S2/c1-16(27)26-21-8-7-20(33(29,30)25-9-11-31-12-10-25)13-18(21)14-22(26)23(28)24-15-17-3-5-19(32-2)6-4-17/h3-8,13,22H,9-12,14-15H2,1-2H3,(H,24,28)/t22-/m0/s1. The summed E-state index contributed by atoms with van der Waals surface area (Å²) in [4.78, 5) is 28.2. The Labute approximate surface area is 198 Å². The van der Waals surface area contributed by atoms with E-state index in [0.29, 0.717) is 44.1 Å². The Hall–Kier alpha value is -2.40. The second kappa shape index (κ2) is 9.84. The molecular formula is C23H27N3O5S2. The van der Waals surface area contributed by atoms with Crippen molar-refractivity contribution >= 4 is 39.3 Å². The van der Waals surface area contributed by atoms with E-state index in [9.17, 15) is 18.0 Å². The van der Waals surface area contributed by atoms with E-state index in [1.807, 2.05) is 30.5 Å².